The fraction of sp³-hybridized carbons (Fsp3) is 0.200. The number of aromatic amines is 1. The van der Waals surface area contributed by atoms with Crippen molar-refractivity contribution in [2.75, 3.05) is 5.32 Å². The van der Waals surface area contributed by atoms with Crippen molar-refractivity contribution in [3.63, 3.8) is 0 Å². The molecule has 0 bridgehead atoms. The Morgan fingerprint density at radius 2 is 1.85 bits per heavy atom. The molecule has 2 heterocycles. The first-order chi connectivity index (χ1) is 12.8. The van der Waals surface area contributed by atoms with Gasteiger partial charge in [0, 0.05) is 28.3 Å². The van der Waals surface area contributed by atoms with Crippen LogP contribution in [0.3, 0.4) is 0 Å². The van der Waals surface area contributed by atoms with Crippen LogP contribution in [0.25, 0.3) is 21.8 Å². The molecule has 138 valence electrons. The Balaban J connectivity index is 1.82. The van der Waals surface area contributed by atoms with Gasteiger partial charge in [-0.25, -0.2) is 8.42 Å². The number of fused-ring (bicyclic) bond motifs is 2. The Hall–Kier alpha value is -2.93. The zero-order chi connectivity index (χ0) is 19.2. The van der Waals surface area contributed by atoms with Crippen molar-refractivity contribution >= 4 is 43.0 Å². The van der Waals surface area contributed by atoms with Gasteiger partial charge in [0.1, 0.15) is 0 Å². The summed E-state index contributed by atoms with van der Waals surface area (Å²) in [6.45, 7) is 5.11. The van der Waals surface area contributed by atoms with E-state index in [0.29, 0.717) is 4.90 Å². The van der Waals surface area contributed by atoms with Gasteiger partial charge in [0.05, 0.1) is 26.9 Å². The largest absolute Gasteiger partial charge is 0.355 e. The first kappa shape index (κ1) is 17.5. The van der Waals surface area contributed by atoms with Crippen LogP contribution >= 0.6 is 0 Å². The van der Waals surface area contributed by atoms with Crippen molar-refractivity contribution in [3.05, 3.63) is 54.9 Å². The summed E-state index contributed by atoms with van der Waals surface area (Å²) in [7, 11) is -3.45. The maximum Gasteiger partial charge on any atom is 0.183 e. The van der Waals surface area contributed by atoms with Crippen LogP contribution in [-0.4, -0.2) is 28.3 Å². The molecule has 0 radical (unpaired) electrons. The summed E-state index contributed by atoms with van der Waals surface area (Å²) >= 11 is 0. The van der Waals surface area contributed by atoms with E-state index in [1.807, 2.05) is 24.3 Å². The average Bonchev–Trinajstić information content (AvgIpc) is 3.08. The van der Waals surface area contributed by atoms with Gasteiger partial charge in [0.15, 0.2) is 9.84 Å². The molecule has 0 aliphatic rings. The molecule has 4 rings (SSSR count). The van der Waals surface area contributed by atoms with E-state index >= 15 is 0 Å². The third-order valence-electron chi connectivity index (χ3n) is 4.55. The van der Waals surface area contributed by atoms with E-state index in [1.165, 1.54) is 0 Å². The number of H-pyrrole nitrogens is 1. The summed E-state index contributed by atoms with van der Waals surface area (Å²) in [5.74, 6) is 0. The molecule has 0 aliphatic heterocycles. The smallest absolute Gasteiger partial charge is 0.183 e. The van der Waals surface area contributed by atoms with Crippen LogP contribution in [0.4, 0.5) is 11.4 Å². The van der Waals surface area contributed by atoms with E-state index in [2.05, 4.69) is 20.5 Å². The van der Waals surface area contributed by atoms with Crippen LogP contribution in [-0.2, 0) is 9.84 Å². The molecule has 0 spiro atoms. The van der Waals surface area contributed by atoms with E-state index < -0.39 is 14.6 Å². The molecule has 6 nitrogen and oxygen atoms in total. The second-order valence-corrected chi connectivity index (χ2v) is 10.2. The van der Waals surface area contributed by atoms with Crippen LogP contribution in [0.5, 0.6) is 0 Å². The normalized spacial score (nSPS) is 12.6. The van der Waals surface area contributed by atoms with Crippen LogP contribution < -0.4 is 5.32 Å². The summed E-state index contributed by atoms with van der Waals surface area (Å²) in [6, 6.07) is 12.8. The average molecular weight is 380 g/mol. The number of pyridine rings is 1. The number of benzene rings is 2. The summed E-state index contributed by atoms with van der Waals surface area (Å²) in [6.07, 6.45) is 3.47. The maximum absolute atomic E-state index is 12.8. The van der Waals surface area contributed by atoms with Gasteiger partial charge >= 0.3 is 0 Å². The lowest BCUT2D eigenvalue weighted by atomic mass is 10.1. The van der Waals surface area contributed by atoms with E-state index in [4.69, 9.17) is 0 Å². The van der Waals surface area contributed by atoms with E-state index in [1.54, 1.807) is 51.4 Å². The lowest BCUT2D eigenvalue weighted by Gasteiger charge is -2.20. The fourth-order valence-electron chi connectivity index (χ4n) is 2.93. The molecule has 2 N–H and O–H groups in total. The highest BCUT2D eigenvalue weighted by molar-refractivity contribution is 7.92. The van der Waals surface area contributed by atoms with Gasteiger partial charge in [0.25, 0.3) is 0 Å². The predicted molar refractivity (Wildman–Crippen MR) is 108 cm³/mol. The van der Waals surface area contributed by atoms with Gasteiger partial charge in [-0.1, -0.05) is 0 Å². The van der Waals surface area contributed by atoms with Gasteiger partial charge in [-0.15, -0.1) is 0 Å². The number of hydrogen-bond donors (Lipinski definition) is 2. The summed E-state index contributed by atoms with van der Waals surface area (Å²) < 4.78 is 24.8. The minimum atomic E-state index is -3.45. The highest BCUT2D eigenvalue weighted by Crippen LogP contribution is 2.31. The molecule has 0 fully saturated rings. The molecule has 0 amide bonds. The Bertz CT molecular complexity index is 1250. The highest BCUT2D eigenvalue weighted by Gasteiger charge is 2.31. The summed E-state index contributed by atoms with van der Waals surface area (Å²) in [5.41, 5.74) is 3.33. The van der Waals surface area contributed by atoms with Gasteiger partial charge in [-0.3, -0.25) is 10.1 Å². The third kappa shape index (κ3) is 3.04. The number of rotatable bonds is 3. The van der Waals surface area contributed by atoms with Crippen molar-refractivity contribution in [3.8, 4) is 0 Å². The van der Waals surface area contributed by atoms with Gasteiger partial charge in [0.2, 0.25) is 0 Å². The minimum Gasteiger partial charge on any atom is -0.355 e. The molecule has 27 heavy (non-hydrogen) atoms. The first-order valence-corrected chi connectivity index (χ1v) is 10.1. The molecule has 0 saturated heterocycles. The van der Waals surface area contributed by atoms with Crippen LogP contribution in [0.2, 0.25) is 0 Å². The first-order valence-electron chi connectivity index (χ1n) is 8.59. The number of nitrogens with one attached hydrogen (secondary N) is 2. The second-order valence-electron chi connectivity index (χ2n) is 7.45. The van der Waals surface area contributed by atoms with Crippen molar-refractivity contribution < 1.29 is 8.42 Å². The van der Waals surface area contributed by atoms with Crippen molar-refractivity contribution in [2.24, 2.45) is 0 Å². The van der Waals surface area contributed by atoms with Gasteiger partial charge in [-0.2, -0.15) is 5.10 Å². The second kappa shape index (κ2) is 6.06. The van der Waals surface area contributed by atoms with Crippen LogP contribution in [0.1, 0.15) is 20.8 Å². The molecular weight excluding hydrogens is 360 g/mol. The molecule has 2 aromatic carbocycles. The quantitative estimate of drug-likeness (QED) is 0.549. The lowest BCUT2D eigenvalue weighted by Crippen LogP contribution is -2.27. The molecule has 4 aromatic rings. The Morgan fingerprint density at radius 3 is 2.63 bits per heavy atom. The number of anilines is 2. The topological polar surface area (TPSA) is 87.7 Å². The maximum atomic E-state index is 12.8. The molecule has 0 aliphatic carbocycles. The Kier molecular flexibility index (Phi) is 3.92. The SMILES string of the molecule is CC(C)(C)S(=O)(=O)c1ccc2nccc(Nc3ccc4cn[nH]c4c3)c2c1. The standard InChI is InChI=1S/C20H20N4O2S/c1-20(2,3)27(25,26)15-6-7-17-16(11-15)18(8-9-21-17)23-14-5-4-13-12-22-24-19(13)10-14/h4-12H,1-3H3,(H,21,23)(H,22,24). The molecule has 2 aromatic heterocycles. The van der Waals surface area contributed by atoms with E-state index in [0.717, 1.165) is 33.2 Å². The molecule has 0 saturated carbocycles. The molecule has 0 atom stereocenters. The Labute approximate surface area is 157 Å². The predicted octanol–water partition coefficient (Wildman–Crippen LogP) is 4.43. The van der Waals surface area contributed by atoms with Gasteiger partial charge < -0.3 is 5.32 Å². The van der Waals surface area contributed by atoms with Crippen molar-refractivity contribution in [1.82, 2.24) is 15.2 Å². The number of nitrogens with zero attached hydrogens (tertiary/aromatic N) is 2. The van der Waals surface area contributed by atoms with Crippen LogP contribution in [0, 0.1) is 0 Å². The fourth-order valence-corrected chi connectivity index (χ4v) is 4.15. The van der Waals surface area contributed by atoms with Gasteiger partial charge in [-0.05, 0) is 63.2 Å². The number of aromatic nitrogens is 3. The zero-order valence-electron chi connectivity index (χ0n) is 15.3. The zero-order valence-corrected chi connectivity index (χ0v) is 16.1. The highest BCUT2D eigenvalue weighted by atomic mass is 32.2. The van der Waals surface area contributed by atoms with Crippen LogP contribution in [0.15, 0.2) is 59.8 Å². The number of hydrogen-bond acceptors (Lipinski definition) is 5. The molecule has 7 heteroatoms. The number of sulfone groups is 1. The monoisotopic (exact) mass is 380 g/mol. The molecule has 0 unspecified atom stereocenters. The summed E-state index contributed by atoms with van der Waals surface area (Å²) in [4.78, 5) is 4.65. The van der Waals surface area contributed by atoms with E-state index in [9.17, 15) is 8.42 Å². The third-order valence-corrected chi connectivity index (χ3v) is 7.04. The Morgan fingerprint density at radius 1 is 1.04 bits per heavy atom. The minimum absolute atomic E-state index is 0.294. The van der Waals surface area contributed by atoms with E-state index in [-0.39, 0.29) is 0 Å². The molecular formula is C20H20N4O2S. The lowest BCUT2D eigenvalue weighted by molar-refractivity contribution is 0.560. The summed E-state index contributed by atoms with van der Waals surface area (Å²) in [5, 5.41) is 12.1. The van der Waals surface area contributed by atoms with Crippen molar-refractivity contribution in [2.45, 2.75) is 30.4 Å². The van der Waals surface area contributed by atoms with Crippen molar-refractivity contribution in [1.29, 1.82) is 0 Å².